The predicted molar refractivity (Wildman–Crippen MR) is 104 cm³/mol. The van der Waals surface area contributed by atoms with Crippen molar-refractivity contribution in [3.63, 3.8) is 0 Å². The molecule has 1 aromatic carbocycles. The first kappa shape index (κ1) is 17.0. The molecule has 0 atom stereocenters. The molecular formula is C19H13BrN2O3S. The van der Waals surface area contributed by atoms with Crippen molar-refractivity contribution in [1.82, 2.24) is 0 Å². The first-order chi connectivity index (χ1) is 12.6. The Morgan fingerprint density at radius 1 is 1.27 bits per heavy atom. The van der Waals surface area contributed by atoms with E-state index in [1.165, 1.54) is 17.4 Å². The van der Waals surface area contributed by atoms with E-state index in [0.29, 0.717) is 21.5 Å². The molecule has 1 N–H and O–H groups in total. The Morgan fingerprint density at radius 2 is 2.08 bits per heavy atom. The summed E-state index contributed by atoms with van der Waals surface area (Å²) in [5, 5.41) is 13.4. The lowest BCUT2D eigenvalue weighted by Crippen LogP contribution is -2.20. The molecule has 0 unspecified atom stereocenters. The van der Waals surface area contributed by atoms with Crippen LogP contribution in [0.1, 0.15) is 39.2 Å². The lowest BCUT2D eigenvalue weighted by Gasteiger charge is -2.09. The van der Waals surface area contributed by atoms with Gasteiger partial charge in [0.05, 0.1) is 5.56 Å². The zero-order valence-electron chi connectivity index (χ0n) is 13.6. The number of benzene rings is 1. The first-order valence-electron chi connectivity index (χ1n) is 8.16. The first-order valence-corrected chi connectivity index (χ1v) is 9.77. The fraction of sp³-hybridized carbons (Fsp3) is 0.211. The lowest BCUT2D eigenvalue weighted by molar-refractivity contribution is 0.102. The second-order valence-corrected chi connectivity index (χ2v) is 8.13. The molecule has 130 valence electrons. The average Bonchev–Trinajstić information content (AvgIpc) is 2.98. The van der Waals surface area contributed by atoms with Crippen molar-refractivity contribution in [2.75, 3.05) is 5.32 Å². The molecule has 3 aromatic rings. The predicted octanol–water partition coefficient (Wildman–Crippen LogP) is 4.62. The number of thiophene rings is 1. The zero-order chi connectivity index (χ0) is 18.3. The highest BCUT2D eigenvalue weighted by molar-refractivity contribution is 9.10. The van der Waals surface area contributed by atoms with Gasteiger partial charge in [-0.3, -0.25) is 4.79 Å². The fourth-order valence-electron chi connectivity index (χ4n) is 3.20. The van der Waals surface area contributed by atoms with Crippen LogP contribution in [0.25, 0.3) is 11.0 Å². The molecule has 0 saturated heterocycles. The summed E-state index contributed by atoms with van der Waals surface area (Å²) in [5.74, 6) is -0.560. The summed E-state index contributed by atoms with van der Waals surface area (Å²) in [6.07, 6.45) is 3.93. The summed E-state index contributed by atoms with van der Waals surface area (Å²) in [5.41, 5.74) is 1.20. The van der Waals surface area contributed by atoms with Gasteiger partial charge in [0.25, 0.3) is 5.91 Å². The minimum atomic E-state index is -0.697. The number of halogens is 1. The van der Waals surface area contributed by atoms with E-state index in [-0.39, 0.29) is 5.56 Å². The SMILES string of the molecule is N#Cc1c(NC(=O)c2cc3cc(Br)ccc3oc2=O)sc2c1CCCC2. The molecule has 0 spiro atoms. The van der Waals surface area contributed by atoms with Crippen LogP contribution in [-0.2, 0) is 12.8 Å². The number of carbonyl (C=O) groups excluding carboxylic acids is 1. The highest BCUT2D eigenvalue weighted by Gasteiger charge is 2.23. The molecule has 0 saturated carbocycles. The van der Waals surface area contributed by atoms with E-state index in [9.17, 15) is 14.9 Å². The number of nitrogens with zero attached hydrogens (tertiary/aromatic N) is 1. The Bertz CT molecular complexity index is 1140. The van der Waals surface area contributed by atoms with Gasteiger partial charge in [0.1, 0.15) is 22.2 Å². The summed E-state index contributed by atoms with van der Waals surface area (Å²) in [7, 11) is 0. The van der Waals surface area contributed by atoms with Crippen molar-refractivity contribution >= 4 is 49.1 Å². The summed E-state index contributed by atoms with van der Waals surface area (Å²) in [4.78, 5) is 26.0. The number of rotatable bonds is 2. The third-order valence-electron chi connectivity index (χ3n) is 4.45. The molecular weight excluding hydrogens is 416 g/mol. The largest absolute Gasteiger partial charge is 0.422 e. The van der Waals surface area contributed by atoms with Crippen LogP contribution < -0.4 is 10.9 Å². The van der Waals surface area contributed by atoms with Gasteiger partial charge in [-0.15, -0.1) is 11.3 Å². The van der Waals surface area contributed by atoms with E-state index < -0.39 is 11.5 Å². The van der Waals surface area contributed by atoms with Gasteiger partial charge >= 0.3 is 5.63 Å². The Balaban J connectivity index is 1.72. The maximum Gasteiger partial charge on any atom is 0.349 e. The molecule has 26 heavy (non-hydrogen) atoms. The second-order valence-electron chi connectivity index (χ2n) is 6.11. The van der Waals surface area contributed by atoms with Gasteiger partial charge in [-0.25, -0.2) is 4.79 Å². The number of hydrogen-bond donors (Lipinski definition) is 1. The number of aryl methyl sites for hydroxylation is 1. The molecule has 2 heterocycles. The van der Waals surface area contributed by atoms with Crippen molar-refractivity contribution in [2.45, 2.75) is 25.7 Å². The second kappa shape index (κ2) is 6.71. The van der Waals surface area contributed by atoms with Crippen LogP contribution in [0.3, 0.4) is 0 Å². The van der Waals surface area contributed by atoms with Gasteiger partial charge in [0.2, 0.25) is 0 Å². The summed E-state index contributed by atoms with van der Waals surface area (Å²) in [6.45, 7) is 0. The number of amides is 1. The van der Waals surface area contributed by atoms with Crippen molar-refractivity contribution in [3.8, 4) is 6.07 Å². The third-order valence-corrected chi connectivity index (χ3v) is 6.15. The van der Waals surface area contributed by atoms with Crippen molar-refractivity contribution in [2.24, 2.45) is 0 Å². The highest BCUT2D eigenvalue weighted by Crippen LogP contribution is 2.37. The smallest absolute Gasteiger partial charge is 0.349 e. The van der Waals surface area contributed by atoms with Gasteiger partial charge < -0.3 is 9.73 Å². The Kier molecular flexibility index (Phi) is 4.39. The molecule has 0 aliphatic heterocycles. The van der Waals surface area contributed by atoms with Crippen LogP contribution in [0.5, 0.6) is 0 Å². The molecule has 0 fully saturated rings. The van der Waals surface area contributed by atoms with Gasteiger partial charge in [0.15, 0.2) is 0 Å². The van der Waals surface area contributed by atoms with Crippen LogP contribution in [-0.4, -0.2) is 5.91 Å². The van der Waals surface area contributed by atoms with Crippen molar-refractivity contribution in [1.29, 1.82) is 5.26 Å². The van der Waals surface area contributed by atoms with Gasteiger partial charge in [-0.05, 0) is 55.5 Å². The number of hydrogen-bond acceptors (Lipinski definition) is 5. The molecule has 7 heteroatoms. The number of anilines is 1. The molecule has 4 rings (SSSR count). The minimum absolute atomic E-state index is 0.0779. The standard InChI is InChI=1S/C19H13BrN2O3S/c20-11-5-6-15-10(7-11)8-13(19(24)25-15)17(23)22-18-14(9-21)12-3-1-2-4-16(12)26-18/h5-8H,1-4H2,(H,22,23). The van der Waals surface area contributed by atoms with E-state index >= 15 is 0 Å². The van der Waals surface area contributed by atoms with E-state index in [2.05, 4.69) is 27.3 Å². The average molecular weight is 429 g/mol. The minimum Gasteiger partial charge on any atom is -0.422 e. The van der Waals surface area contributed by atoms with E-state index in [1.807, 2.05) is 0 Å². The number of carbonyl (C=O) groups is 1. The van der Waals surface area contributed by atoms with Crippen LogP contribution in [0.15, 0.2) is 37.9 Å². The molecule has 1 aliphatic carbocycles. The monoisotopic (exact) mass is 428 g/mol. The summed E-state index contributed by atoms with van der Waals surface area (Å²) in [6, 6.07) is 8.93. The molecule has 0 bridgehead atoms. The van der Waals surface area contributed by atoms with Crippen molar-refractivity contribution in [3.05, 3.63) is 60.7 Å². The van der Waals surface area contributed by atoms with E-state index in [1.54, 1.807) is 18.2 Å². The topological polar surface area (TPSA) is 83.1 Å². The maximum absolute atomic E-state index is 12.7. The zero-order valence-corrected chi connectivity index (χ0v) is 16.0. The third kappa shape index (κ3) is 2.96. The van der Waals surface area contributed by atoms with Crippen LogP contribution in [0.4, 0.5) is 5.00 Å². The molecule has 5 nitrogen and oxygen atoms in total. The number of nitriles is 1. The van der Waals surface area contributed by atoms with Gasteiger partial charge in [0, 0.05) is 14.7 Å². The lowest BCUT2D eigenvalue weighted by atomic mass is 9.96. The Morgan fingerprint density at radius 3 is 2.88 bits per heavy atom. The summed E-state index contributed by atoms with van der Waals surface area (Å²) >= 11 is 4.79. The van der Waals surface area contributed by atoms with E-state index in [0.717, 1.165) is 40.6 Å². The maximum atomic E-state index is 12.7. The summed E-state index contributed by atoms with van der Waals surface area (Å²) < 4.78 is 6.07. The Hall–Kier alpha value is -2.43. The van der Waals surface area contributed by atoms with Crippen LogP contribution in [0, 0.1) is 11.3 Å². The van der Waals surface area contributed by atoms with E-state index in [4.69, 9.17) is 4.42 Å². The van der Waals surface area contributed by atoms with Crippen LogP contribution >= 0.6 is 27.3 Å². The molecule has 1 amide bonds. The molecule has 1 aliphatic rings. The van der Waals surface area contributed by atoms with Crippen molar-refractivity contribution < 1.29 is 9.21 Å². The van der Waals surface area contributed by atoms with Gasteiger partial charge in [-0.1, -0.05) is 15.9 Å². The molecule has 2 aromatic heterocycles. The fourth-order valence-corrected chi connectivity index (χ4v) is 4.81. The number of fused-ring (bicyclic) bond motifs is 2. The molecule has 0 radical (unpaired) electrons. The highest BCUT2D eigenvalue weighted by atomic mass is 79.9. The number of nitrogens with one attached hydrogen (secondary N) is 1. The quantitative estimate of drug-likeness (QED) is 0.603. The normalized spacial score (nSPS) is 13.2. The Labute approximate surface area is 161 Å². The van der Waals surface area contributed by atoms with Crippen LogP contribution in [0.2, 0.25) is 0 Å². The van der Waals surface area contributed by atoms with Gasteiger partial charge in [-0.2, -0.15) is 5.26 Å².